The van der Waals surface area contributed by atoms with E-state index in [0.29, 0.717) is 12.8 Å². The van der Waals surface area contributed by atoms with Crippen LogP contribution in [0.5, 0.6) is 0 Å². The van der Waals surface area contributed by atoms with Crippen molar-refractivity contribution in [3.63, 3.8) is 0 Å². The first-order chi connectivity index (χ1) is 18.2. The normalized spacial score (nSPS) is 16.6. The molecule has 2 aromatic rings. The van der Waals surface area contributed by atoms with Crippen LogP contribution in [0.25, 0.3) is 11.1 Å². The number of aliphatic carboxylic acids is 2. The van der Waals surface area contributed by atoms with Crippen LogP contribution in [-0.4, -0.2) is 76.7 Å². The van der Waals surface area contributed by atoms with Crippen molar-refractivity contribution in [3.05, 3.63) is 59.7 Å². The van der Waals surface area contributed by atoms with Crippen molar-refractivity contribution in [1.29, 1.82) is 0 Å². The second kappa shape index (κ2) is 11.7. The summed E-state index contributed by atoms with van der Waals surface area (Å²) >= 11 is 0. The van der Waals surface area contributed by atoms with Gasteiger partial charge >= 0.3 is 18.0 Å². The summed E-state index contributed by atoms with van der Waals surface area (Å²) in [5.74, 6) is -3.64. The molecule has 2 atom stereocenters. The van der Waals surface area contributed by atoms with Gasteiger partial charge in [-0.15, -0.1) is 0 Å². The molecule has 0 aromatic heterocycles. The second-order valence-electron chi connectivity index (χ2n) is 10.2. The number of hydrogen-bond donors (Lipinski definition) is 2. The highest BCUT2D eigenvalue weighted by atomic mass is 16.6. The number of carboxylic acid groups (broad SMARTS) is 2. The van der Waals surface area contributed by atoms with Crippen molar-refractivity contribution in [2.45, 2.75) is 56.5 Å². The van der Waals surface area contributed by atoms with E-state index < -0.39 is 42.4 Å². The lowest BCUT2D eigenvalue weighted by molar-refractivity contribution is -0.155. The monoisotopic (exact) mass is 522 g/mol. The second-order valence-corrected chi connectivity index (χ2v) is 10.2. The third kappa shape index (κ3) is 5.51. The van der Waals surface area contributed by atoms with Crippen LogP contribution in [0.2, 0.25) is 0 Å². The molecule has 9 nitrogen and oxygen atoms in total. The molecular formula is C29H34N2O7. The largest absolute Gasteiger partial charge is 0.481 e. The molecule has 0 spiro atoms. The molecule has 2 N–H and O–H groups in total. The Morgan fingerprint density at radius 1 is 0.868 bits per heavy atom. The Labute approximate surface area is 222 Å². The number of carboxylic acids is 2. The fourth-order valence-corrected chi connectivity index (χ4v) is 5.86. The number of carbonyl (C=O) groups is 4. The van der Waals surface area contributed by atoms with Crippen molar-refractivity contribution < 1.29 is 34.1 Å². The molecular weight excluding hydrogens is 488 g/mol. The Bertz CT molecular complexity index is 1160. The van der Waals surface area contributed by atoms with E-state index in [2.05, 4.69) is 0 Å². The minimum atomic E-state index is -1.54. The first kappa shape index (κ1) is 27.2. The Balaban J connectivity index is 1.53. The lowest BCUT2D eigenvalue weighted by Crippen LogP contribution is -2.56. The number of hydrogen-bond acceptors (Lipinski definition) is 5. The van der Waals surface area contributed by atoms with E-state index in [1.165, 1.54) is 19.0 Å². The van der Waals surface area contributed by atoms with Crippen LogP contribution in [0.3, 0.4) is 0 Å². The van der Waals surface area contributed by atoms with Crippen LogP contribution in [0.4, 0.5) is 4.79 Å². The minimum Gasteiger partial charge on any atom is -0.481 e. The van der Waals surface area contributed by atoms with Gasteiger partial charge in [0.1, 0.15) is 18.7 Å². The van der Waals surface area contributed by atoms with Crippen molar-refractivity contribution >= 4 is 23.9 Å². The molecule has 202 valence electrons. The summed E-state index contributed by atoms with van der Waals surface area (Å²) in [4.78, 5) is 52.2. The molecule has 1 fully saturated rings. The zero-order valence-electron chi connectivity index (χ0n) is 21.7. The summed E-state index contributed by atoms with van der Waals surface area (Å²) in [5, 5.41) is 18.8. The maximum atomic E-state index is 13.6. The van der Waals surface area contributed by atoms with E-state index >= 15 is 0 Å². The predicted octanol–water partition coefficient (Wildman–Crippen LogP) is 4.20. The van der Waals surface area contributed by atoms with E-state index in [4.69, 9.17) is 4.74 Å². The smallest absolute Gasteiger partial charge is 0.410 e. The average Bonchev–Trinajstić information content (AvgIpc) is 3.24. The van der Waals surface area contributed by atoms with Crippen molar-refractivity contribution in [2.75, 3.05) is 20.7 Å². The van der Waals surface area contributed by atoms with Gasteiger partial charge in [0.2, 0.25) is 5.91 Å². The van der Waals surface area contributed by atoms with Crippen LogP contribution < -0.4 is 0 Å². The van der Waals surface area contributed by atoms with E-state index in [1.54, 1.807) is 0 Å². The van der Waals surface area contributed by atoms with E-state index in [0.717, 1.165) is 46.4 Å². The van der Waals surface area contributed by atoms with Gasteiger partial charge in [0.25, 0.3) is 0 Å². The molecule has 0 heterocycles. The molecule has 0 unspecified atom stereocenters. The van der Waals surface area contributed by atoms with E-state index in [-0.39, 0.29) is 18.4 Å². The Morgan fingerprint density at radius 2 is 1.42 bits per heavy atom. The number of ether oxygens (including phenoxy) is 1. The third-order valence-corrected chi connectivity index (χ3v) is 7.86. The molecule has 4 rings (SSSR count). The fourth-order valence-electron chi connectivity index (χ4n) is 5.86. The highest BCUT2D eigenvalue weighted by Crippen LogP contribution is 2.44. The topological polar surface area (TPSA) is 124 Å². The van der Waals surface area contributed by atoms with Gasteiger partial charge in [0.05, 0.1) is 6.42 Å². The summed E-state index contributed by atoms with van der Waals surface area (Å²) in [6.07, 6.45) is 2.84. The molecule has 0 bridgehead atoms. The molecule has 2 aliphatic carbocycles. The fraction of sp³-hybridized carbons (Fsp3) is 0.448. The molecule has 0 radical (unpaired) electrons. The Hall–Kier alpha value is -3.88. The molecule has 0 aliphatic heterocycles. The first-order valence-electron chi connectivity index (χ1n) is 13.0. The molecule has 1 saturated carbocycles. The average molecular weight is 523 g/mol. The molecule has 38 heavy (non-hydrogen) atoms. The molecule has 0 saturated heterocycles. The summed E-state index contributed by atoms with van der Waals surface area (Å²) < 4.78 is 5.78. The molecule has 2 aromatic carbocycles. The number of rotatable bonds is 9. The standard InChI is InChI=1S/C29H34N2O7/c1-30(24(28(35)36)16-25(32)33)27(34)26(18-10-4-3-5-11-18)31(2)29(37)38-17-23-21-14-8-6-12-19(21)20-13-7-9-15-22(20)23/h6-9,12-15,18,23-24,26H,3-5,10-11,16-17H2,1-2H3,(H,32,33)(H,35,36)/t24-,26-/m0/s1. The zero-order valence-corrected chi connectivity index (χ0v) is 21.7. The summed E-state index contributed by atoms with van der Waals surface area (Å²) in [6.45, 7) is 0.0926. The summed E-state index contributed by atoms with van der Waals surface area (Å²) in [6, 6.07) is 13.5. The van der Waals surface area contributed by atoms with Crippen LogP contribution in [0, 0.1) is 5.92 Å². The molecule has 9 heteroatoms. The highest BCUT2D eigenvalue weighted by Gasteiger charge is 2.41. The van der Waals surface area contributed by atoms with Gasteiger partial charge in [-0.2, -0.15) is 0 Å². The zero-order chi connectivity index (χ0) is 27.4. The van der Waals surface area contributed by atoms with Gasteiger partial charge in [-0.3, -0.25) is 14.5 Å². The third-order valence-electron chi connectivity index (χ3n) is 7.86. The van der Waals surface area contributed by atoms with Crippen molar-refractivity contribution in [1.82, 2.24) is 9.80 Å². The lowest BCUT2D eigenvalue weighted by atomic mass is 9.82. The van der Waals surface area contributed by atoms with Gasteiger partial charge in [0.15, 0.2) is 0 Å². The van der Waals surface area contributed by atoms with Gasteiger partial charge in [-0.05, 0) is 41.0 Å². The van der Waals surface area contributed by atoms with Gasteiger partial charge in [-0.25, -0.2) is 9.59 Å². The number of nitrogens with zero attached hydrogens (tertiary/aromatic N) is 2. The Kier molecular flexibility index (Phi) is 8.34. The van der Waals surface area contributed by atoms with Crippen LogP contribution in [0.15, 0.2) is 48.5 Å². The van der Waals surface area contributed by atoms with E-state index in [1.807, 2.05) is 48.5 Å². The van der Waals surface area contributed by atoms with Crippen molar-refractivity contribution in [2.24, 2.45) is 5.92 Å². The minimum absolute atomic E-state index is 0.0926. The van der Waals surface area contributed by atoms with Crippen LogP contribution >= 0.6 is 0 Å². The SMILES string of the molecule is CN(C(=O)OCC1c2ccccc2-c2ccccc21)[C@H](C(=O)N(C)[C@@H](CC(=O)O)C(=O)O)C1CCCCC1. The van der Waals surface area contributed by atoms with Crippen molar-refractivity contribution in [3.8, 4) is 11.1 Å². The van der Waals surface area contributed by atoms with E-state index in [9.17, 15) is 29.4 Å². The highest BCUT2D eigenvalue weighted by molar-refractivity contribution is 5.91. The number of benzene rings is 2. The first-order valence-corrected chi connectivity index (χ1v) is 13.0. The number of fused-ring (bicyclic) bond motifs is 3. The van der Waals surface area contributed by atoms with Crippen LogP contribution in [0.1, 0.15) is 55.6 Å². The summed E-state index contributed by atoms with van der Waals surface area (Å²) in [5.41, 5.74) is 4.35. The summed E-state index contributed by atoms with van der Waals surface area (Å²) in [7, 11) is 2.78. The molecule has 2 amide bonds. The maximum absolute atomic E-state index is 13.6. The quantitative estimate of drug-likeness (QED) is 0.506. The molecule has 2 aliphatic rings. The van der Waals surface area contributed by atoms with Gasteiger partial charge < -0.3 is 19.8 Å². The Morgan fingerprint density at radius 3 is 1.95 bits per heavy atom. The van der Waals surface area contributed by atoms with Gasteiger partial charge in [0, 0.05) is 20.0 Å². The number of carbonyl (C=O) groups excluding carboxylic acids is 2. The van der Waals surface area contributed by atoms with Gasteiger partial charge in [-0.1, -0.05) is 67.8 Å². The maximum Gasteiger partial charge on any atom is 0.410 e. The number of likely N-dealkylation sites (N-methyl/N-ethyl adjacent to an activating group) is 2. The number of amides is 2. The lowest BCUT2D eigenvalue weighted by Gasteiger charge is -2.38. The predicted molar refractivity (Wildman–Crippen MR) is 140 cm³/mol. The van der Waals surface area contributed by atoms with Crippen LogP contribution in [-0.2, 0) is 19.1 Å².